The number of ether oxygens (including phenoxy) is 2. The third kappa shape index (κ3) is 3.52. The minimum atomic E-state index is -0.255. The molecule has 0 amide bonds. The molecule has 0 bridgehead atoms. The van der Waals surface area contributed by atoms with Gasteiger partial charge in [0.25, 0.3) is 0 Å². The van der Waals surface area contributed by atoms with Gasteiger partial charge in [0.1, 0.15) is 11.9 Å². The molecule has 0 unspecified atom stereocenters. The van der Waals surface area contributed by atoms with Gasteiger partial charge < -0.3 is 14.8 Å². The predicted molar refractivity (Wildman–Crippen MR) is 117 cm³/mol. The molecule has 150 valence electrons. The maximum atomic E-state index is 12.2. The second kappa shape index (κ2) is 7.79. The zero-order chi connectivity index (χ0) is 19.8. The number of benzene rings is 2. The molecule has 0 saturated carbocycles. The van der Waals surface area contributed by atoms with Crippen LogP contribution in [0.5, 0.6) is 5.75 Å². The van der Waals surface area contributed by atoms with Gasteiger partial charge in [0.15, 0.2) is 0 Å². The van der Waals surface area contributed by atoms with Gasteiger partial charge in [-0.1, -0.05) is 24.3 Å². The van der Waals surface area contributed by atoms with Gasteiger partial charge in [-0.2, -0.15) is 11.8 Å². The molecule has 2 aromatic rings. The summed E-state index contributed by atoms with van der Waals surface area (Å²) in [6.07, 6.45) is 5.92. The number of esters is 1. The Labute approximate surface area is 175 Å². The summed E-state index contributed by atoms with van der Waals surface area (Å²) >= 11 is 1.93. The Kier molecular flexibility index (Phi) is 5.00. The van der Waals surface area contributed by atoms with Crippen LogP contribution < -0.4 is 10.1 Å². The van der Waals surface area contributed by atoms with Crippen molar-refractivity contribution in [2.45, 2.75) is 31.4 Å². The number of hydrogen-bond donors (Lipinski definition) is 1. The number of hydrogen-bond acceptors (Lipinski definition) is 5. The van der Waals surface area contributed by atoms with Gasteiger partial charge in [-0.3, -0.25) is 0 Å². The van der Waals surface area contributed by atoms with E-state index in [9.17, 15) is 4.79 Å². The first-order valence-corrected chi connectivity index (χ1v) is 11.5. The molecule has 2 aromatic carbocycles. The average Bonchev–Trinajstić information content (AvgIpc) is 3.20. The molecule has 1 aliphatic carbocycles. The molecule has 3 aliphatic rings. The van der Waals surface area contributed by atoms with E-state index in [0.717, 1.165) is 29.4 Å². The first-order chi connectivity index (χ1) is 14.2. The molecule has 3 atom stereocenters. The summed E-state index contributed by atoms with van der Waals surface area (Å²) in [4.78, 5) is 12.2. The van der Waals surface area contributed by atoms with Crippen LogP contribution in [-0.4, -0.2) is 30.2 Å². The van der Waals surface area contributed by atoms with Crippen LogP contribution in [0.3, 0.4) is 0 Å². The van der Waals surface area contributed by atoms with Crippen LogP contribution in [-0.2, 0) is 4.74 Å². The van der Waals surface area contributed by atoms with Gasteiger partial charge >= 0.3 is 5.97 Å². The third-order valence-corrected chi connectivity index (χ3v) is 7.22. The highest BCUT2D eigenvalue weighted by Gasteiger charge is 2.38. The van der Waals surface area contributed by atoms with Crippen molar-refractivity contribution in [1.82, 2.24) is 0 Å². The van der Waals surface area contributed by atoms with Gasteiger partial charge in [-0.05, 0) is 60.7 Å². The van der Waals surface area contributed by atoms with E-state index in [2.05, 4.69) is 41.7 Å². The minimum Gasteiger partial charge on any atom is -0.489 e. The van der Waals surface area contributed by atoms with Gasteiger partial charge in [-0.25, -0.2) is 4.79 Å². The summed E-state index contributed by atoms with van der Waals surface area (Å²) < 4.78 is 11.3. The molecule has 1 saturated heterocycles. The summed E-state index contributed by atoms with van der Waals surface area (Å²) in [7, 11) is 0. The van der Waals surface area contributed by atoms with Gasteiger partial charge in [0.2, 0.25) is 0 Å². The molecule has 29 heavy (non-hydrogen) atoms. The maximum Gasteiger partial charge on any atom is 0.338 e. The van der Waals surface area contributed by atoms with Crippen LogP contribution in [0.1, 0.15) is 46.8 Å². The lowest BCUT2D eigenvalue weighted by Crippen LogP contribution is -2.31. The minimum absolute atomic E-state index is 0.218. The van der Waals surface area contributed by atoms with E-state index in [0.29, 0.717) is 30.1 Å². The Morgan fingerprint density at radius 1 is 1.21 bits per heavy atom. The van der Waals surface area contributed by atoms with Crippen molar-refractivity contribution in [2.75, 3.05) is 23.4 Å². The molecule has 0 radical (unpaired) electrons. The van der Waals surface area contributed by atoms with E-state index >= 15 is 0 Å². The normalized spacial score (nSPS) is 24.8. The van der Waals surface area contributed by atoms with Crippen molar-refractivity contribution >= 4 is 23.4 Å². The fourth-order valence-electron chi connectivity index (χ4n) is 4.52. The van der Waals surface area contributed by atoms with Crippen molar-refractivity contribution in [3.8, 4) is 5.75 Å². The number of carbonyl (C=O) groups excluding carboxylic acids is 1. The quantitative estimate of drug-likeness (QED) is 0.546. The first-order valence-electron chi connectivity index (χ1n) is 10.3. The summed E-state index contributed by atoms with van der Waals surface area (Å²) in [5.41, 5.74) is 4.16. The molecular formula is C24H25NO3S. The standard InChI is InChI=1S/C24H25NO3S/c1-2-27-24(26)16-9-10-22-21(12-16)19-7-4-8-20(19)23(25-22)15-5-3-6-17(11-15)28-18-13-29-14-18/h3-7,9-12,18-20,23,25H,2,8,13-14H2,1H3/t19-,20-,23-/m0/s1. The number of nitrogens with one attached hydrogen (secondary N) is 1. The summed E-state index contributed by atoms with van der Waals surface area (Å²) in [6.45, 7) is 2.22. The fourth-order valence-corrected chi connectivity index (χ4v) is 5.09. The summed E-state index contributed by atoms with van der Waals surface area (Å²) in [5.74, 6) is 3.59. The van der Waals surface area contributed by atoms with Crippen molar-refractivity contribution < 1.29 is 14.3 Å². The third-order valence-electron chi connectivity index (χ3n) is 6.00. The van der Waals surface area contributed by atoms with E-state index in [4.69, 9.17) is 9.47 Å². The lowest BCUT2D eigenvalue weighted by atomic mass is 9.76. The van der Waals surface area contributed by atoms with Crippen LogP contribution in [0.15, 0.2) is 54.6 Å². The van der Waals surface area contributed by atoms with Crippen LogP contribution in [0.4, 0.5) is 5.69 Å². The van der Waals surface area contributed by atoms with Gasteiger partial charge in [0.05, 0.1) is 18.2 Å². The second-order valence-corrected chi connectivity index (χ2v) is 8.92. The average molecular weight is 408 g/mol. The Balaban J connectivity index is 1.44. The highest BCUT2D eigenvalue weighted by Crippen LogP contribution is 2.50. The zero-order valence-corrected chi connectivity index (χ0v) is 17.3. The second-order valence-electron chi connectivity index (χ2n) is 7.85. The zero-order valence-electron chi connectivity index (χ0n) is 16.5. The smallest absolute Gasteiger partial charge is 0.338 e. The predicted octanol–water partition coefficient (Wildman–Crippen LogP) is 5.18. The molecule has 0 spiro atoms. The highest BCUT2D eigenvalue weighted by atomic mass is 32.2. The first kappa shape index (κ1) is 18.6. The molecule has 5 heteroatoms. The lowest BCUT2D eigenvalue weighted by Gasteiger charge is -2.38. The number of thioether (sulfide) groups is 1. The van der Waals surface area contributed by atoms with Crippen molar-refractivity contribution in [3.63, 3.8) is 0 Å². The monoisotopic (exact) mass is 407 g/mol. The Morgan fingerprint density at radius 2 is 2.10 bits per heavy atom. The van der Waals surface area contributed by atoms with Crippen molar-refractivity contribution in [3.05, 3.63) is 71.3 Å². The molecule has 1 fully saturated rings. The largest absolute Gasteiger partial charge is 0.489 e. The number of fused-ring (bicyclic) bond motifs is 3. The van der Waals surface area contributed by atoms with Crippen LogP contribution in [0.25, 0.3) is 0 Å². The van der Waals surface area contributed by atoms with Crippen molar-refractivity contribution in [1.29, 1.82) is 0 Å². The SMILES string of the molecule is CCOC(=O)c1ccc2c(c1)[C@H]1C=CC[C@@H]1[C@H](c1cccc(OC3CSC3)c1)N2. The Morgan fingerprint density at radius 3 is 2.90 bits per heavy atom. The topological polar surface area (TPSA) is 47.6 Å². The highest BCUT2D eigenvalue weighted by molar-refractivity contribution is 8.00. The van der Waals surface area contributed by atoms with E-state index in [1.807, 2.05) is 36.9 Å². The van der Waals surface area contributed by atoms with Gasteiger partial charge in [-0.15, -0.1) is 0 Å². The van der Waals surface area contributed by atoms with E-state index in [1.54, 1.807) is 0 Å². The Bertz CT molecular complexity index is 953. The molecule has 2 aliphatic heterocycles. The molecule has 0 aromatic heterocycles. The fraction of sp³-hybridized carbons (Fsp3) is 0.375. The molecule has 1 N–H and O–H groups in total. The number of carbonyl (C=O) groups is 1. The summed E-state index contributed by atoms with van der Waals surface area (Å²) in [6, 6.07) is 14.6. The van der Waals surface area contributed by atoms with Crippen LogP contribution in [0.2, 0.25) is 0 Å². The molecule has 2 heterocycles. The van der Waals surface area contributed by atoms with E-state index < -0.39 is 0 Å². The number of allylic oxidation sites excluding steroid dienone is 2. The van der Waals surface area contributed by atoms with Crippen molar-refractivity contribution in [2.24, 2.45) is 5.92 Å². The maximum absolute atomic E-state index is 12.2. The van der Waals surface area contributed by atoms with E-state index in [1.165, 1.54) is 11.1 Å². The van der Waals surface area contributed by atoms with E-state index in [-0.39, 0.29) is 12.0 Å². The van der Waals surface area contributed by atoms with Gasteiger partial charge in [0, 0.05) is 23.1 Å². The molecule has 4 nitrogen and oxygen atoms in total. The Hall–Kier alpha value is -2.40. The molecule has 5 rings (SSSR count). The van der Waals surface area contributed by atoms with Crippen LogP contribution in [0, 0.1) is 5.92 Å². The number of anilines is 1. The van der Waals surface area contributed by atoms with Crippen LogP contribution >= 0.6 is 11.8 Å². The molecular weight excluding hydrogens is 382 g/mol. The number of rotatable bonds is 5. The summed E-state index contributed by atoms with van der Waals surface area (Å²) in [5, 5.41) is 3.74. The lowest BCUT2D eigenvalue weighted by molar-refractivity contribution is 0.0526.